The van der Waals surface area contributed by atoms with E-state index < -0.39 is 0 Å². The highest BCUT2D eigenvalue weighted by molar-refractivity contribution is 5.56. The third-order valence-corrected chi connectivity index (χ3v) is 11.6. The van der Waals surface area contributed by atoms with E-state index in [1.54, 1.807) is 0 Å². The van der Waals surface area contributed by atoms with Crippen LogP contribution in [0.1, 0.15) is 231 Å². The smallest absolute Gasteiger partial charge is 0.119 e. The zero-order chi connectivity index (χ0) is 37.4. The fourth-order valence-electron chi connectivity index (χ4n) is 8.63. The number of hydrogen-bond donors (Lipinski definition) is 2. The van der Waals surface area contributed by atoms with Crippen molar-refractivity contribution in [3.05, 3.63) is 57.6 Å². The van der Waals surface area contributed by atoms with Crippen LogP contribution in [0.5, 0.6) is 11.5 Å². The maximum atomic E-state index is 11.3. The second kappa shape index (κ2) is 21.5. The molecule has 0 aliphatic carbocycles. The Bertz CT molecular complexity index is 1170. The Labute approximate surface area is 311 Å². The van der Waals surface area contributed by atoms with Gasteiger partial charge >= 0.3 is 0 Å². The van der Waals surface area contributed by atoms with Crippen molar-refractivity contribution in [1.82, 2.24) is 0 Å². The zero-order valence-electron chi connectivity index (χ0n) is 35.1. The largest absolute Gasteiger partial charge is 0.508 e. The first-order chi connectivity index (χ1) is 23.6. The van der Waals surface area contributed by atoms with Crippen molar-refractivity contribution in [2.24, 2.45) is 5.92 Å². The summed E-state index contributed by atoms with van der Waals surface area (Å²) in [4.78, 5) is 0. The lowest BCUT2D eigenvalue weighted by Gasteiger charge is -2.42. The third-order valence-electron chi connectivity index (χ3n) is 11.6. The summed E-state index contributed by atoms with van der Waals surface area (Å²) in [6.45, 7) is 24.7. The van der Waals surface area contributed by atoms with E-state index >= 15 is 0 Å². The Morgan fingerprint density at radius 1 is 0.460 bits per heavy atom. The Balaban J connectivity index is 2.65. The molecule has 0 saturated heterocycles. The highest BCUT2D eigenvalue weighted by Gasteiger charge is 2.40. The van der Waals surface area contributed by atoms with Gasteiger partial charge in [0.1, 0.15) is 11.5 Å². The molecule has 0 heterocycles. The summed E-state index contributed by atoms with van der Waals surface area (Å²) < 4.78 is 0. The maximum absolute atomic E-state index is 11.3. The Morgan fingerprint density at radius 2 is 0.800 bits per heavy atom. The average molecular weight is 691 g/mol. The van der Waals surface area contributed by atoms with Gasteiger partial charge in [0.15, 0.2) is 0 Å². The van der Waals surface area contributed by atoms with Gasteiger partial charge in [-0.25, -0.2) is 0 Å². The van der Waals surface area contributed by atoms with Crippen LogP contribution < -0.4 is 0 Å². The first kappa shape index (κ1) is 44.2. The monoisotopic (exact) mass is 691 g/mol. The van der Waals surface area contributed by atoms with Crippen LogP contribution in [0, 0.1) is 19.8 Å². The number of hydrogen-bond acceptors (Lipinski definition) is 2. The van der Waals surface area contributed by atoms with Gasteiger partial charge in [0, 0.05) is 5.41 Å². The molecule has 0 aliphatic heterocycles. The van der Waals surface area contributed by atoms with Crippen molar-refractivity contribution in [3.63, 3.8) is 0 Å². The summed E-state index contributed by atoms with van der Waals surface area (Å²) in [5.74, 6) is 1.47. The summed E-state index contributed by atoms with van der Waals surface area (Å²) in [6, 6.07) is 8.89. The third kappa shape index (κ3) is 13.5. The van der Waals surface area contributed by atoms with Crippen LogP contribution in [0.3, 0.4) is 0 Å². The van der Waals surface area contributed by atoms with Crippen LogP contribution in [0.4, 0.5) is 0 Å². The number of benzene rings is 2. The molecule has 0 radical (unpaired) electrons. The quantitative estimate of drug-likeness (QED) is 0.108. The van der Waals surface area contributed by atoms with Crippen LogP contribution in [0.15, 0.2) is 24.3 Å². The first-order valence-corrected chi connectivity index (χ1v) is 21.3. The molecule has 2 aromatic rings. The summed E-state index contributed by atoms with van der Waals surface area (Å²) in [5.41, 5.74) is 6.71. The first-order valence-electron chi connectivity index (χ1n) is 21.3. The molecule has 2 aromatic carbocycles. The van der Waals surface area contributed by atoms with Gasteiger partial charge < -0.3 is 10.2 Å². The van der Waals surface area contributed by atoms with Gasteiger partial charge in [-0.15, -0.1) is 0 Å². The molecule has 2 heteroatoms. The Morgan fingerprint density at radius 3 is 1.14 bits per heavy atom. The molecule has 1 atom stereocenters. The minimum atomic E-state index is -0.196. The molecular formula is C48H82O2. The predicted molar refractivity (Wildman–Crippen MR) is 221 cm³/mol. The van der Waals surface area contributed by atoms with E-state index in [0.29, 0.717) is 17.4 Å². The Kier molecular flexibility index (Phi) is 19.0. The van der Waals surface area contributed by atoms with Crippen molar-refractivity contribution >= 4 is 0 Å². The van der Waals surface area contributed by atoms with Crippen molar-refractivity contribution < 1.29 is 10.2 Å². The number of unbranched alkanes of at least 4 members (excludes halogenated alkanes) is 14. The molecule has 1 unspecified atom stereocenters. The molecule has 286 valence electrons. The zero-order valence-corrected chi connectivity index (χ0v) is 35.1. The number of rotatable bonds is 24. The van der Waals surface area contributed by atoms with Crippen molar-refractivity contribution in [2.45, 2.75) is 227 Å². The summed E-state index contributed by atoms with van der Waals surface area (Å²) in [5, 5.41) is 22.6. The summed E-state index contributed by atoms with van der Waals surface area (Å²) >= 11 is 0. The van der Waals surface area contributed by atoms with E-state index in [0.717, 1.165) is 36.8 Å². The molecule has 0 aromatic heterocycles. The lowest BCUT2D eigenvalue weighted by atomic mass is 9.61. The topological polar surface area (TPSA) is 40.5 Å². The van der Waals surface area contributed by atoms with E-state index in [1.165, 1.54) is 131 Å². The van der Waals surface area contributed by atoms with Gasteiger partial charge in [-0.1, -0.05) is 196 Å². The number of phenols is 2. The molecule has 2 N–H and O–H groups in total. The molecular weight excluding hydrogens is 609 g/mol. The Hall–Kier alpha value is -1.96. The van der Waals surface area contributed by atoms with Gasteiger partial charge in [-0.2, -0.15) is 0 Å². The molecule has 0 fully saturated rings. The molecule has 50 heavy (non-hydrogen) atoms. The molecule has 0 spiro atoms. The number of aryl methyl sites for hydroxylation is 2. The second-order valence-corrected chi connectivity index (χ2v) is 18.3. The van der Waals surface area contributed by atoms with Gasteiger partial charge in [0.05, 0.1) is 0 Å². The van der Waals surface area contributed by atoms with Crippen LogP contribution in [0.2, 0.25) is 0 Å². The minimum Gasteiger partial charge on any atom is -0.508 e. The lowest BCUT2D eigenvalue weighted by molar-refractivity contribution is 0.289. The highest BCUT2D eigenvalue weighted by Crippen LogP contribution is 2.50. The number of phenolic OH excluding ortho intramolecular Hbond substituents is 2. The number of aromatic hydroxyl groups is 2. The SMILES string of the molecule is CCCCCCCCCCCCC(CCCCCCC)CC(CCCC)(c1cc(C(C)(C)C)c(O)cc1C)c1cc(C(C)(C)C)c(O)cc1C. The molecule has 0 aliphatic rings. The van der Waals surface area contributed by atoms with Crippen LogP contribution in [-0.2, 0) is 16.2 Å². The van der Waals surface area contributed by atoms with Crippen LogP contribution in [0.25, 0.3) is 0 Å². The van der Waals surface area contributed by atoms with Crippen molar-refractivity contribution in [1.29, 1.82) is 0 Å². The maximum Gasteiger partial charge on any atom is 0.119 e. The molecule has 0 saturated carbocycles. The molecule has 2 rings (SSSR count). The molecule has 2 nitrogen and oxygen atoms in total. The normalized spacial score (nSPS) is 13.3. The van der Waals surface area contributed by atoms with E-state index in [1.807, 2.05) is 0 Å². The van der Waals surface area contributed by atoms with E-state index in [-0.39, 0.29) is 16.2 Å². The molecule has 0 amide bonds. The average Bonchev–Trinajstić information content (AvgIpc) is 3.02. The predicted octanol–water partition coefficient (Wildman–Crippen LogP) is 15.5. The van der Waals surface area contributed by atoms with Gasteiger partial charge in [0.25, 0.3) is 0 Å². The van der Waals surface area contributed by atoms with Gasteiger partial charge in [-0.05, 0) is 89.0 Å². The minimum absolute atomic E-state index is 0.168. The van der Waals surface area contributed by atoms with E-state index in [9.17, 15) is 10.2 Å². The van der Waals surface area contributed by atoms with Crippen LogP contribution >= 0.6 is 0 Å². The van der Waals surface area contributed by atoms with E-state index in [4.69, 9.17) is 0 Å². The molecule has 0 bridgehead atoms. The van der Waals surface area contributed by atoms with Crippen molar-refractivity contribution in [2.75, 3.05) is 0 Å². The second-order valence-electron chi connectivity index (χ2n) is 18.3. The van der Waals surface area contributed by atoms with E-state index in [2.05, 4.69) is 100 Å². The van der Waals surface area contributed by atoms with Crippen LogP contribution in [-0.4, -0.2) is 10.2 Å². The summed E-state index contributed by atoms with van der Waals surface area (Å²) in [7, 11) is 0. The van der Waals surface area contributed by atoms with Crippen molar-refractivity contribution in [3.8, 4) is 11.5 Å². The standard InChI is InChI=1S/C48H82O2/c1-12-15-18-20-21-22-23-24-26-28-30-39(29-27-25-19-16-13-2)36-48(31-17-14-3,40-34-42(46(6,7)8)44(49)32-37(40)4)41-35-43(47(9,10)11)45(50)33-38(41)5/h32-35,39,49-50H,12-31,36H2,1-11H3. The fourth-order valence-corrected chi connectivity index (χ4v) is 8.63. The van der Waals surface area contributed by atoms with Gasteiger partial charge in [-0.3, -0.25) is 0 Å². The highest BCUT2D eigenvalue weighted by atomic mass is 16.3. The lowest BCUT2D eigenvalue weighted by Crippen LogP contribution is -2.34. The fraction of sp³-hybridized carbons (Fsp3) is 0.750. The summed E-state index contributed by atoms with van der Waals surface area (Å²) in [6.07, 6.45) is 27.5. The van der Waals surface area contributed by atoms with Gasteiger partial charge in [0.2, 0.25) is 0 Å².